The van der Waals surface area contributed by atoms with Gasteiger partial charge in [0.2, 0.25) is 0 Å². The van der Waals surface area contributed by atoms with Gasteiger partial charge in [-0.1, -0.05) is 20.8 Å². The maximum absolute atomic E-state index is 9.90. The molecular weight excluding hydrogens is 236 g/mol. The maximum atomic E-state index is 9.90. The van der Waals surface area contributed by atoms with E-state index in [1.807, 2.05) is 0 Å². The van der Waals surface area contributed by atoms with Crippen LogP contribution >= 0.6 is 0 Å². The number of nitrogens with zero attached hydrogens (tertiary/aromatic N) is 1. The number of aliphatic hydroxyl groups is 1. The van der Waals surface area contributed by atoms with Crippen molar-refractivity contribution < 1.29 is 5.11 Å². The van der Waals surface area contributed by atoms with E-state index in [9.17, 15) is 5.11 Å². The van der Waals surface area contributed by atoms with Crippen LogP contribution < -0.4 is 5.32 Å². The molecule has 1 fully saturated rings. The molecule has 1 aliphatic heterocycles. The number of rotatable bonds is 7. The van der Waals surface area contributed by atoms with Gasteiger partial charge >= 0.3 is 0 Å². The van der Waals surface area contributed by atoms with Crippen LogP contribution in [0.5, 0.6) is 0 Å². The number of nitrogens with one attached hydrogen (secondary N) is 1. The molecule has 3 heteroatoms. The van der Waals surface area contributed by atoms with E-state index in [0.717, 1.165) is 32.5 Å². The van der Waals surface area contributed by atoms with Gasteiger partial charge in [-0.3, -0.25) is 4.90 Å². The van der Waals surface area contributed by atoms with Gasteiger partial charge in [-0.05, 0) is 51.5 Å². The van der Waals surface area contributed by atoms with Gasteiger partial charge in [0, 0.05) is 25.2 Å². The van der Waals surface area contributed by atoms with E-state index in [2.05, 4.69) is 44.8 Å². The minimum atomic E-state index is -0.122. The van der Waals surface area contributed by atoms with Crippen LogP contribution in [0.3, 0.4) is 0 Å². The van der Waals surface area contributed by atoms with E-state index in [-0.39, 0.29) is 6.10 Å². The second kappa shape index (κ2) is 8.23. The zero-order chi connectivity index (χ0) is 14.4. The summed E-state index contributed by atoms with van der Waals surface area (Å²) in [5, 5.41) is 13.6. The largest absolute Gasteiger partial charge is 0.393 e. The molecule has 0 aromatic heterocycles. The van der Waals surface area contributed by atoms with Crippen molar-refractivity contribution in [2.75, 3.05) is 19.6 Å². The number of likely N-dealkylation sites (tertiary alicyclic amines) is 1. The van der Waals surface area contributed by atoms with E-state index in [1.54, 1.807) is 0 Å². The van der Waals surface area contributed by atoms with Crippen LogP contribution in [0.25, 0.3) is 0 Å². The lowest BCUT2D eigenvalue weighted by Gasteiger charge is -2.41. The Labute approximate surface area is 119 Å². The van der Waals surface area contributed by atoms with Crippen LogP contribution in [0, 0.1) is 11.8 Å². The van der Waals surface area contributed by atoms with Crippen LogP contribution in [0.2, 0.25) is 0 Å². The SMILES string of the molecule is CCC(O)CC1CC(NCC(C)C)CN(C(C)C)C1. The van der Waals surface area contributed by atoms with Crippen molar-refractivity contribution in [2.45, 2.75) is 72.1 Å². The Hall–Kier alpha value is -0.120. The van der Waals surface area contributed by atoms with E-state index in [0.29, 0.717) is 23.9 Å². The van der Waals surface area contributed by atoms with Crippen molar-refractivity contribution in [1.29, 1.82) is 0 Å². The van der Waals surface area contributed by atoms with Gasteiger partial charge in [0.1, 0.15) is 0 Å². The van der Waals surface area contributed by atoms with Crippen molar-refractivity contribution in [3.05, 3.63) is 0 Å². The minimum Gasteiger partial charge on any atom is -0.393 e. The summed E-state index contributed by atoms with van der Waals surface area (Å²) in [7, 11) is 0. The van der Waals surface area contributed by atoms with Crippen LogP contribution in [-0.4, -0.2) is 47.8 Å². The van der Waals surface area contributed by atoms with Crippen molar-refractivity contribution in [3.8, 4) is 0 Å². The molecule has 0 spiro atoms. The molecule has 0 bridgehead atoms. The Bertz CT molecular complexity index is 243. The molecule has 0 aromatic carbocycles. The van der Waals surface area contributed by atoms with Gasteiger partial charge in [-0.15, -0.1) is 0 Å². The molecule has 2 N–H and O–H groups in total. The van der Waals surface area contributed by atoms with E-state index in [1.165, 1.54) is 6.42 Å². The van der Waals surface area contributed by atoms with Gasteiger partial charge in [0.15, 0.2) is 0 Å². The first kappa shape index (κ1) is 16.9. The van der Waals surface area contributed by atoms with Crippen LogP contribution in [0.1, 0.15) is 53.9 Å². The molecule has 3 nitrogen and oxygen atoms in total. The summed E-state index contributed by atoms with van der Waals surface area (Å²) in [4.78, 5) is 2.56. The fourth-order valence-electron chi connectivity index (χ4n) is 2.93. The molecule has 3 unspecified atom stereocenters. The normalized spacial score (nSPS) is 27.2. The highest BCUT2D eigenvalue weighted by Gasteiger charge is 2.29. The van der Waals surface area contributed by atoms with Gasteiger partial charge in [0.05, 0.1) is 6.10 Å². The average molecular weight is 270 g/mol. The Morgan fingerprint density at radius 2 is 1.89 bits per heavy atom. The standard InChI is InChI=1S/C16H34N2O/c1-6-16(19)8-14-7-15(17-9-12(2)3)11-18(10-14)13(4)5/h12-17,19H,6-11H2,1-5H3. The second-order valence-electron chi connectivity index (χ2n) is 6.95. The highest BCUT2D eigenvalue weighted by molar-refractivity contribution is 4.86. The predicted octanol–water partition coefficient (Wildman–Crippen LogP) is 2.49. The summed E-state index contributed by atoms with van der Waals surface area (Å²) in [6, 6.07) is 1.19. The van der Waals surface area contributed by atoms with Gasteiger partial charge in [0.25, 0.3) is 0 Å². The molecule has 0 saturated carbocycles. The quantitative estimate of drug-likeness (QED) is 0.746. The van der Waals surface area contributed by atoms with Crippen molar-refractivity contribution in [3.63, 3.8) is 0 Å². The van der Waals surface area contributed by atoms with Gasteiger partial charge in [-0.2, -0.15) is 0 Å². The summed E-state index contributed by atoms with van der Waals surface area (Å²) >= 11 is 0. The summed E-state index contributed by atoms with van der Waals surface area (Å²) in [5.74, 6) is 1.34. The molecule has 114 valence electrons. The lowest BCUT2D eigenvalue weighted by Crippen LogP contribution is -2.52. The minimum absolute atomic E-state index is 0.122. The Balaban J connectivity index is 2.52. The molecule has 0 amide bonds. The third-order valence-corrected chi connectivity index (χ3v) is 4.19. The molecule has 1 heterocycles. The zero-order valence-electron chi connectivity index (χ0n) is 13.5. The summed E-state index contributed by atoms with van der Waals surface area (Å²) in [5.41, 5.74) is 0. The Morgan fingerprint density at radius 1 is 1.21 bits per heavy atom. The Morgan fingerprint density at radius 3 is 2.42 bits per heavy atom. The fraction of sp³-hybridized carbons (Fsp3) is 1.00. The second-order valence-corrected chi connectivity index (χ2v) is 6.95. The third kappa shape index (κ3) is 6.24. The molecule has 0 radical (unpaired) electrons. The number of piperidine rings is 1. The fourth-order valence-corrected chi connectivity index (χ4v) is 2.93. The first-order valence-corrected chi connectivity index (χ1v) is 8.07. The highest BCUT2D eigenvalue weighted by atomic mass is 16.3. The van der Waals surface area contributed by atoms with Gasteiger partial charge < -0.3 is 10.4 Å². The number of hydrogen-bond acceptors (Lipinski definition) is 3. The lowest BCUT2D eigenvalue weighted by molar-refractivity contribution is 0.0688. The van der Waals surface area contributed by atoms with Crippen molar-refractivity contribution in [2.24, 2.45) is 11.8 Å². The molecule has 1 rings (SSSR count). The van der Waals surface area contributed by atoms with Crippen LogP contribution in [0.15, 0.2) is 0 Å². The Kier molecular flexibility index (Phi) is 7.33. The van der Waals surface area contributed by atoms with Crippen molar-refractivity contribution in [1.82, 2.24) is 10.2 Å². The van der Waals surface area contributed by atoms with Crippen LogP contribution in [-0.2, 0) is 0 Å². The molecule has 0 aliphatic carbocycles. The topological polar surface area (TPSA) is 35.5 Å². The van der Waals surface area contributed by atoms with E-state index in [4.69, 9.17) is 0 Å². The lowest BCUT2D eigenvalue weighted by atomic mass is 9.88. The molecule has 1 aliphatic rings. The molecule has 0 aromatic rings. The summed E-state index contributed by atoms with van der Waals surface area (Å²) in [6.45, 7) is 14.5. The van der Waals surface area contributed by atoms with E-state index < -0.39 is 0 Å². The average Bonchev–Trinajstić information content (AvgIpc) is 2.35. The number of aliphatic hydroxyl groups excluding tert-OH is 1. The van der Waals surface area contributed by atoms with Crippen LogP contribution in [0.4, 0.5) is 0 Å². The first-order chi connectivity index (χ1) is 8.92. The molecule has 19 heavy (non-hydrogen) atoms. The number of hydrogen-bond donors (Lipinski definition) is 2. The summed E-state index contributed by atoms with van der Waals surface area (Å²) < 4.78 is 0. The zero-order valence-corrected chi connectivity index (χ0v) is 13.5. The molecule has 3 atom stereocenters. The predicted molar refractivity (Wildman–Crippen MR) is 82.4 cm³/mol. The monoisotopic (exact) mass is 270 g/mol. The highest BCUT2D eigenvalue weighted by Crippen LogP contribution is 2.23. The summed E-state index contributed by atoms with van der Waals surface area (Å²) in [6.07, 6.45) is 2.93. The maximum Gasteiger partial charge on any atom is 0.0540 e. The van der Waals surface area contributed by atoms with Gasteiger partial charge in [-0.25, -0.2) is 0 Å². The van der Waals surface area contributed by atoms with Crippen molar-refractivity contribution >= 4 is 0 Å². The van der Waals surface area contributed by atoms with E-state index >= 15 is 0 Å². The molecular formula is C16H34N2O. The third-order valence-electron chi connectivity index (χ3n) is 4.19. The first-order valence-electron chi connectivity index (χ1n) is 8.07. The molecule has 1 saturated heterocycles. The smallest absolute Gasteiger partial charge is 0.0540 e.